The third kappa shape index (κ3) is 4.39. The lowest BCUT2D eigenvalue weighted by Gasteiger charge is -2.24. The Hall–Kier alpha value is -1.26. The molecule has 1 aliphatic rings. The maximum absolute atomic E-state index is 6.05. The normalized spacial score (nSPS) is 18.8. The van der Waals surface area contributed by atoms with Crippen LogP contribution in [-0.2, 0) is 11.2 Å². The Morgan fingerprint density at radius 3 is 2.90 bits per heavy atom. The molecule has 0 spiro atoms. The van der Waals surface area contributed by atoms with E-state index in [4.69, 9.17) is 19.9 Å². The zero-order valence-corrected chi connectivity index (χ0v) is 12.3. The third-order valence-corrected chi connectivity index (χ3v) is 3.56. The Labute approximate surface area is 121 Å². The zero-order valence-electron chi connectivity index (χ0n) is 12.3. The maximum atomic E-state index is 6.05. The minimum atomic E-state index is 0.136. The Bertz CT molecular complexity index is 403. The van der Waals surface area contributed by atoms with E-state index in [0.717, 1.165) is 56.8 Å². The largest absolute Gasteiger partial charge is 0.493 e. The van der Waals surface area contributed by atoms with Crippen LogP contribution in [0.1, 0.15) is 31.2 Å². The van der Waals surface area contributed by atoms with Gasteiger partial charge >= 0.3 is 0 Å². The van der Waals surface area contributed by atoms with Crippen LogP contribution < -0.4 is 15.2 Å². The highest BCUT2D eigenvalue weighted by Crippen LogP contribution is 2.30. The van der Waals surface area contributed by atoms with Crippen LogP contribution in [0.3, 0.4) is 0 Å². The summed E-state index contributed by atoms with van der Waals surface area (Å²) >= 11 is 0. The summed E-state index contributed by atoms with van der Waals surface area (Å²) in [7, 11) is 1.67. The van der Waals surface area contributed by atoms with Crippen molar-refractivity contribution in [3.05, 3.63) is 23.8 Å². The first-order valence-electron chi connectivity index (χ1n) is 7.45. The molecular weight excluding hydrogens is 254 g/mol. The number of methoxy groups -OCH3 is 1. The van der Waals surface area contributed by atoms with Gasteiger partial charge in [-0.3, -0.25) is 0 Å². The molecule has 1 atom stereocenters. The summed E-state index contributed by atoms with van der Waals surface area (Å²) in [6.07, 6.45) is 5.42. The van der Waals surface area contributed by atoms with Crippen LogP contribution in [0, 0.1) is 0 Å². The van der Waals surface area contributed by atoms with Gasteiger partial charge in [0.25, 0.3) is 0 Å². The number of benzene rings is 1. The van der Waals surface area contributed by atoms with Gasteiger partial charge in [-0.25, -0.2) is 0 Å². The van der Waals surface area contributed by atoms with Crippen LogP contribution >= 0.6 is 0 Å². The number of aryl methyl sites for hydroxylation is 1. The molecule has 1 unspecified atom stereocenters. The molecule has 0 amide bonds. The zero-order chi connectivity index (χ0) is 14.2. The minimum absolute atomic E-state index is 0.136. The molecule has 1 aliphatic heterocycles. The SMILES string of the molecule is COc1ccc(CCCCN)cc1OC1CCCOC1. The first kappa shape index (κ1) is 15.1. The summed E-state index contributed by atoms with van der Waals surface area (Å²) in [5.41, 5.74) is 6.80. The molecule has 20 heavy (non-hydrogen) atoms. The molecule has 1 heterocycles. The first-order chi connectivity index (χ1) is 9.83. The lowest BCUT2D eigenvalue weighted by molar-refractivity contribution is 0.00641. The van der Waals surface area contributed by atoms with E-state index in [1.54, 1.807) is 7.11 Å². The molecule has 1 aromatic carbocycles. The molecule has 0 bridgehead atoms. The van der Waals surface area contributed by atoms with E-state index >= 15 is 0 Å². The van der Waals surface area contributed by atoms with Crippen molar-refractivity contribution >= 4 is 0 Å². The number of unbranched alkanes of at least 4 members (excludes halogenated alkanes) is 1. The second-order valence-electron chi connectivity index (χ2n) is 5.19. The van der Waals surface area contributed by atoms with Crippen molar-refractivity contribution in [2.45, 2.75) is 38.2 Å². The maximum Gasteiger partial charge on any atom is 0.161 e. The van der Waals surface area contributed by atoms with Crippen molar-refractivity contribution < 1.29 is 14.2 Å². The lowest BCUT2D eigenvalue weighted by Crippen LogP contribution is -2.28. The molecule has 112 valence electrons. The summed E-state index contributed by atoms with van der Waals surface area (Å²) in [5, 5.41) is 0. The van der Waals surface area contributed by atoms with E-state index < -0.39 is 0 Å². The van der Waals surface area contributed by atoms with Crippen molar-refractivity contribution in [1.29, 1.82) is 0 Å². The van der Waals surface area contributed by atoms with E-state index in [2.05, 4.69) is 12.1 Å². The predicted molar refractivity (Wildman–Crippen MR) is 79.5 cm³/mol. The van der Waals surface area contributed by atoms with Crippen molar-refractivity contribution in [2.24, 2.45) is 5.73 Å². The van der Waals surface area contributed by atoms with Crippen LogP contribution in [-0.4, -0.2) is 33.0 Å². The molecule has 0 saturated carbocycles. The Morgan fingerprint density at radius 2 is 2.20 bits per heavy atom. The Balaban J connectivity index is 2.01. The minimum Gasteiger partial charge on any atom is -0.493 e. The monoisotopic (exact) mass is 279 g/mol. The average Bonchev–Trinajstić information content (AvgIpc) is 2.49. The molecule has 1 saturated heterocycles. The molecule has 2 rings (SSSR count). The standard InChI is InChI=1S/C16H25NO3/c1-18-15-8-7-13(5-2-3-9-17)11-16(15)20-14-6-4-10-19-12-14/h7-8,11,14H,2-6,9-10,12,17H2,1H3. The number of hydrogen-bond donors (Lipinski definition) is 1. The third-order valence-electron chi connectivity index (χ3n) is 3.56. The Kier molecular flexibility index (Phi) is 6.15. The lowest BCUT2D eigenvalue weighted by atomic mass is 10.1. The topological polar surface area (TPSA) is 53.7 Å². The van der Waals surface area contributed by atoms with Gasteiger partial charge in [-0.2, -0.15) is 0 Å². The molecule has 1 fully saturated rings. The van der Waals surface area contributed by atoms with E-state index in [1.807, 2.05) is 6.07 Å². The second-order valence-corrected chi connectivity index (χ2v) is 5.19. The fourth-order valence-electron chi connectivity index (χ4n) is 2.43. The Morgan fingerprint density at radius 1 is 1.30 bits per heavy atom. The van der Waals surface area contributed by atoms with Gasteiger partial charge in [-0.1, -0.05) is 6.07 Å². The molecular formula is C16H25NO3. The second kappa shape index (κ2) is 8.12. The molecule has 0 radical (unpaired) electrons. The van der Waals surface area contributed by atoms with Crippen molar-refractivity contribution in [3.8, 4) is 11.5 Å². The fraction of sp³-hybridized carbons (Fsp3) is 0.625. The van der Waals surface area contributed by atoms with Gasteiger partial charge in [0.15, 0.2) is 11.5 Å². The number of rotatable bonds is 7. The predicted octanol–water partition coefficient (Wildman–Crippen LogP) is 2.53. The average molecular weight is 279 g/mol. The number of nitrogens with two attached hydrogens (primary N) is 1. The van der Waals surface area contributed by atoms with E-state index in [0.29, 0.717) is 6.61 Å². The molecule has 0 aromatic heterocycles. The summed E-state index contributed by atoms with van der Waals surface area (Å²) < 4.78 is 16.9. The highest BCUT2D eigenvalue weighted by atomic mass is 16.5. The van der Waals surface area contributed by atoms with Crippen LogP contribution in [0.4, 0.5) is 0 Å². The summed E-state index contributed by atoms with van der Waals surface area (Å²) in [4.78, 5) is 0. The quantitative estimate of drug-likeness (QED) is 0.779. The van der Waals surface area contributed by atoms with Crippen LogP contribution in [0.15, 0.2) is 18.2 Å². The molecule has 1 aromatic rings. The summed E-state index contributed by atoms with van der Waals surface area (Å²) in [5.74, 6) is 1.62. The molecule has 2 N–H and O–H groups in total. The van der Waals surface area contributed by atoms with Gasteiger partial charge in [0.05, 0.1) is 13.7 Å². The summed E-state index contributed by atoms with van der Waals surface area (Å²) in [6.45, 7) is 2.26. The molecule has 0 aliphatic carbocycles. The van der Waals surface area contributed by atoms with Gasteiger partial charge < -0.3 is 19.9 Å². The van der Waals surface area contributed by atoms with Crippen LogP contribution in [0.2, 0.25) is 0 Å². The van der Waals surface area contributed by atoms with Crippen molar-refractivity contribution in [1.82, 2.24) is 0 Å². The van der Waals surface area contributed by atoms with Crippen molar-refractivity contribution in [3.63, 3.8) is 0 Å². The van der Waals surface area contributed by atoms with Crippen LogP contribution in [0.5, 0.6) is 11.5 Å². The highest BCUT2D eigenvalue weighted by molar-refractivity contribution is 5.43. The van der Waals surface area contributed by atoms with E-state index in [9.17, 15) is 0 Å². The van der Waals surface area contributed by atoms with Gasteiger partial charge in [-0.15, -0.1) is 0 Å². The van der Waals surface area contributed by atoms with Gasteiger partial charge in [0.2, 0.25) is 0 Å². The highest BCUT2D eigenvalue weighted by Gasteiger charge is 2.17. The van der Waals surface area contributed by atoms with E-state index in [1.165, 1.54) is 5.56 Å². The number of ether oxygens (including phenoxy) is 3. The van der Waals surface area contributed by atoms with Gasteiger partial charge in [0.1, 0.15) is 6.10 Å². The molecule has 4 heteroatoms. The smallest absolute Gasteiger partial charge is 0.161 e. The van der Waals surface area contributed by atoms with Crippen LogP contribution in [0.25, 0.3) is 0 Å². The fourth-order valence-corrected chi connectivity index (χ4v) is 2.43. The molecule has 4 nitrogen and oxygen atoms in total. The van der Waals surface area contributed by atoms with E-state index in [-0.39, 0.29) is 6.10 Å². The summed E-state index contributed by atoms with van der Waals surface area (Å²) in [6, 6.07) is 6.17. The van der Waals surface area contributed by atoms with Gasteiger partial charge in [-0.05, 0) is 56.3 Å². The first-order valence-corrected chi connectivity index (χ1v) is 7.45. The number of hydrogen-bond acceptors (Lipinski definition) is 4. The van der Waals surface area contributed by atoms with Crippen molar-refractivity contribution in [2.75, 3.05) is 26.9 Å². The van der Waals surface area contributed by atoms with Gasteiger partial charge in [0, 0.05) is 6.61 Å².